The number of fused-ring (bicyclic) bond motifs is 1. The third-order valence-corrected chi connectivity index (χ3v) is 5.20. The second-order valence-electron chi connectivity index (χ2n) is 6.06. The van der Waals surface area contributed by atoms with Crippen LogP contribution >= 0.6 is 11.8 Å². The number of hydrogen-bond donors (Lipinski definition) is 1. The van der Waals surface area contributed by atoms with E-state index >= 15 is 0 Å². The molecule has 124 valence electrons. The Morgan fingerprint density at radius 2 is 2.26 bits per heavy atom. The molecule has 0 spiro atoms. The number of nitrogens with zero attached hydrogens (tertiary/aromatic N) is 1. The van der Waals surface area contributed by atoms with E-state index in [1.165, 1.54) is 0 Å². The molecule has 0 radical (unpaired) electrons. The number of ether oxygens (including phenoxy) is 1. The second-order valence-corrected chi connectivity index (χ2v) is 6.94. The predicted molar refractivity (Wildman–Crippen MR) is 96.3 cm³/mol. The van der Waals surface area contributed by atoms with Crippen molar-refractivity contribution in [2.45, 2.75) is 37.2 Å². The van der Waals surface area contributed by atoms with Gasteiger partial charge in [0.1, 0.15) is 0 Å². The largest absolute Gasteiger partial charge is 0.378 e. The van der Waals surface area contributed by atoms with Gasteiger partial charge in [0.25, 0.3) is 5.56 Å². The monoisotopic (exact) mass is 332 g/mol. The Bertz CT molecular complexity index is 727. The lowest BCUT2D eigenvalue weighted by Gasteiger charge is -2.35. The topological polar surface area (TPSA) is 45.3 Å². The van der Waals surface area contributed by atoms with Crippen LogP contribution in [0.15, 0.2) is 34.0 Å². The predicted octanol–water partition coefficient (Wildman–Crippen LogP) is 3.25. The van der Waals surface area contributed by atoms with Crippen LogP contribution in [0.4, 0.5) is 0 Å². The highest BCUT2D eigenvalue weighted by molar-refractivity contribution is 7.98. The Hall–Kier alpha value is -1.30. The standard InChI is InChI=1S/C18H24N2O2S/c1-3-4-15-12-22-8-7-20(15)11-14-9-13-5-6-16(23-2)10-17(13)19-18(14)21/h5-6,9-10,15H,3-4,7-8,11-12H2,1-2H3,(H,19,21). The van der Waals surface area contributed by atoms with Gasteiger partial charge >= 0.3 is 0 Å². The minimum Gasteiger partial charge on any atom is -0.378 e. The van der Waals surface area contributed by atoms with Gasteiger partial charge in [-0.3, -0.25) is 9.69 Å². The minimum atomic E-state index is 0.0255. The summed E-state index contributed by atoms with van der Waals surface area (Å²) in [4.78, 5) is 19.0. The van der Waals surface area contributed by atoms with E-state index in [1.807, 2.05) is 18.4 Å². The molecular formula is C18H24N2O2S. The lowest BCUT2D eigenvalue weighted by molar-refractivity contribution is -0.0148. The van der Waals surface area contributed by atoms with Crippen molar-refractivity contribution in [3.05, 3.63) is 40.2 Å². The van der Waals surface area contributed by atoms with Crippen molar-refractivity contribution in [3.63, 3.8) is 0 Å². The number of aromatic nitrogens is 1. The van der Waals surface area contributed by atoms with E-state index in [0.29, 0.717) is 12.6 Å². The molecule has 2 heterocycles. The van der Waals surface area contributed by atoms with Gasteiger partial charge in [-0.05, 0) is 36.3 Å². The third kappa shape index (κ3) is 3.79. The summed E-state index contributed by atoms with van der Waals surface area (Å²) in [5, 5.41) is 1.10. The van der Waals surface area contributed by atoms with E-state index in [0.717, 1.165) is 54.0 Å². The smallest absolute Gasteiger partial charge is 0.252 e. The van der Waals surface area contributed by atoms with Crippen LogP contribution in [-0.4, -0.2) is 41.9 Å². The zero-order valence-corrected chi connectivity index (χ0v) is 14.6. The Balaban J connectivity index is 1.87. The number of hydrogen-bond acceptors (Lipinski definition) is 4. The average Bonchev–Trinajstić information content (AvgIpc) is 2.57. The summed E-state index contributed by atoms with van der Waals surface area (Å²) in [5.41, 5.74) is 1.78. The third-order valence-electron chi connectivity index (χ3n) is 4.47. The van der Waals surface area contributed by atoms with Crippen molar-refractivity contribution < 1.29 is 4.74 Å². The van der Waals surface area contributed by atoms with Gasteiger partial charge in [-0.15, -0.1) is 11.8 Å². The SMILES string of the molecule is CCCC1COCCN1Cc1cc2ccc(SC)cc2[nH]c1=O. The Morgan fingerprint density at radius 3 is 3.04 bits per heavy atom. The van der Waals surface area contributed by atoms with Crippen LogP contribution in [0.5, 0.6) is 0 Å². The fourth-order valence-electron chi connectivity index (χ4n) is 3.19. The molecule has 3 rings (SSSR count). The van der Waals surface area contributed by atoms with Crippen LogP contribution in [0.2, 0.25) is 0 Å². The lowest BCUT2D eigenvalue weighted by atomic mass is 10.1. The van der Waals surface area contributed by atoms with Crippen LogP contribution in [0.25, 0.3) is 10.9 Å². The highest BCUT2D eigenvalue weighted by Gasteiger charge is 2.23. The summed E-state index contributed by atoms with van der Waals surface area (Å²) in [5.74, 6) is 0. The van der Waals surface area contributed by atoms with Gasteiger partial charge in [0, 0.05) is 35.1 Å². The van der Waals surface area contributed by atoms with E-state index in [2.05, 4.69) is 28.9 Å². The van der Waals surface area contributed by atoms with E-state index in [1.54, 1.807) is 11.8 Å². The van der Waals surface area contributed by atoms with Crippen LogP contribution < -0.4 is 5.56 Å². The first-order valence-corrected chi connectivity index (χ1v) is 9.45. The Kier molecular flexibility index (Phi) is 5.41. The lowest BCUT2D eigenvalue weighted by Crippen LogP contribution is -2.45. The van der Waals surface area contributed by atoms with Gasteiger partial charge in [0.05, 0.1) is 13.2 Å². The zero-order chi connectivity index (χ0) is 16.2. The number of benzene rings is 1. The molecule has 2 aromatic rings. The highest BCUT2D eigenvalue weighted by Crippen LogP contribution is 2.21. The maximum absolute atomic E-state index is 12.5. The first-order chi connectivity index (χ1) is 11.2. The number of nitrogens with one attached hydrogen (secondary N) is 1. The second kappa shape index (κ2) is 7.51. The molecule has 1 unspecified atom stereocenters. The molecule has 1 saturated heterocycles. The summed E-state index contributed by atoms with van der Waals surface area (Å²) in [7, 11) is 0. The summed E-state index contributed by atoms with van der Waals surface area (Å²) < 4.78 is 5.60. The van der Waals surface area contributed by atoms with Crippen LogP contribution in [0, 0.1) is 0 Å². The zero-order valence-electron chi connectivity index (χ0n) is 13.8. The average molecular weight is 332 g/mol. The van der Waals surface area contributed by atoms with Crippen molar-refractivity contribution in [1.82, 2.24) is 9.88 Å². The van der Waals surface area contributed by atoms with Crippen LogP contribution in [0.1, 0.15) is 25.3 Å². The van der Waals surface area contributed by atoms with E-state index in [9.17, 15) is 4.79 Å². The quantitative estimate of drug-likeness (QED) is 0.854. The summed E-state index contributed by atoms with van der Waals surface area (Å²) in [6.07, 6.45) is 4.29. The molecule has 0 aliphatic carbocycles. The molecular weight excluding hydrogens is 308 g/mol. The number of aromatic amines is 1. The van der Waals surface area contributed by atoms with Gasteiger partial charge in [0.15, 0.2) is 0 Å². The number of morpholine rings is 1. The van der Waals surface area contributed by atoms with E-state index in [-0.39, 0.29) is 5.56 Å². The fourth-order valence-corrected chi connectivity index (χ4v) is 3.62. The number of H-pyrrole nitrogens is 1. The van der Waals surface area contributed by atoms with Crippen LogP contribution in [-0.2, 0) is 11.3 Å². The molecule has 1 aromatic carbocycles. The van der Waals surface area contributed by atoms with Crippen molar-refractivity contribution in [2.24, 2.45) is 0 Å². The molecule has 0 bridgehead atoms. The number of rotatable bonds is 5. The molecule has 5 heteroatoms. The van der Waals surface area contributed by atoms with Crippen LogP contribution in [0.3, 0.4) is 0 Å². The molecule has 1 N–H and O–H groups in total. The molecule has 0 saturated carbocycles. The van der Waals surface area contributed by atoms with Gasteiger partial charge in [-0.1, -0.05) is 19.4 Å². The molecule has 0 amide bonds. The van der Waals surface area contributed by atoms with Gasteiger partial charge in [-0.2, -0.15) is 0 Å². The molecule has 1 aliphatic rings. The Labute approximate surface area is 141 Å². The van der Waals surface area contributed by atoms with E-state index < -0.39 is 0 Å². The minimum absolute atomic E-state index is 0.0255. The van der Waals surface area contributed by atoms with Crippen molar-refractivity contribution in [1.29, 1.82) is 0 Å². The van der Waals surface area contributed by atoms with Crippen molar-refractivity contribution in [3.8, 4) is 0 Å². The van der Waals surface area contributed by atoms with E-state index in [4.69, 9.17) is 4.74 Å². The number of thioether (sulfide) groups is 1. The highest BCUT2D eigenvalue weighted by atomic mass is 32.2. The summed E-state index contributed by atoms with van der Waals surface area (Å²) >= 11 is 1.68. The maximum atomic E-state index is 12.5. The van der Waals surface area contributed by atoms with Crippen molar-refractivity contribution in [2.75, 3.05) is 26.0 Å². The molecule has 23 heavy (non-hydrogen) atoms. The molecule has 4 nitrogen and oxygen atoms in total. The first-order valence-electron chi connectivity index (χ1n) is 8.23. The first kappa shape index (κ1) is 16.6. The molecule has 1 aromatic heterocycles. The summed E-state index contributed by atoms with van der Waals surface area (Å²) in [6.45, 7) is 5.31. The Morgan fingerprint density at radius 1 is 1.39 bits per heavy atom. The van der Waals surface area contributed by atoms with Gasteiger partial charge < -0.3 is 9.72 Å². The van der Waals surface area contributed by atoms with Crippen molar-refractivity contribution >= 4 is 22.7 Å². The normalized spacial score (nSPS) is 19.3. The molecule has 1 atom stereocenters. The maximum Gasteiger partial charge on any atom is 0.252 e. The van der Waals surface area contributed by atoms with Gasteiger partial charge in [-0.25, -0.2) is 0 Å². The number of pyridine rings is 1. The summed E-state index contributed by atoms with van der Waals surface area (Å²) in [6, 6.07) is 8.69. The molecule has 1 fully saturated rings. The molecule has 1 aliphatic heterocycles. The van der Waals surface area contributed by atoms with Gasteiger partial charge in [0.2, 0.25) is 0 Å². The fraction of sp³-hybridized carbons (Fsp3) is 0.500.